The maximum atomic E-state index is 13.3. The van der Waals surface area contributed by atoms with Gasteiger partial charge in [-0.3, -0.25) is 14.3 Å². The summed E-state index contributed by atoms with van der Waals surface area (Å²) in [6.07, 6.45) is 0.116. The lowest BCUT2D eigenvalue weighted by molar-refractivity contribution is -0.121. The molecule has 2 amide bonds. The summed E-state index contributed by atoms with van der Waals surface area (Å²) in [5, 5.41) is 9.86. The molecular weight excluding hydrogens is 400 g/mol. The molecule has 0 bridgehead atoms. The van der Waals surface area contributed by atoms with E-state index in [1.54, 1.807) is 0 Å². The number of rotatable bonds is 5. The lowest BCUT2D eigenvalue weighted by Crippen LogP contribution is -2.35. The normalized spacial score (nSPS) is 16.2. The Hall–Kier alpha value is -3.93. The number of imide groups is 1. The Kier molecular flexibility index (Phi) is 4.98. The summed E-state index contributed by atoms with van der Waals surface area (Å²) in [6, 6.07) is 23.0. The number of nitrogens with one attached hydrogen (secondary N) is 1. The van der Waals surface area contributed by atoms with Crippen LogP contribution in [0.15, 0.2) is 72.8 Å². The first-order valence-corrected chi connectivity index (χ1v) is 10.7. The number of hydrogen-bond donors (Lipinski definition) is 1. The van der Waals surface area contributed by atoms with Crippen molar-refractivity contribution >= 4 is 34.0 Å². The number of carbonyl (C=O) groups excluding carboxylic acids is 2. The number of benzene rings is 3. The van der Waals surface area contributed by atoms with Gasteiger partial charge in [-0.2, -0.15) is 5.10 Å². The second-order valence-corrected chi connectivity index (χ2v) is 8.16. The second kappa shape index (κ2) is 7.96. The van der Waals surface area contributed by atoms with Crippen LogP contribution >= 0.6 is 0 Å². The first-order chi connectivity index (χ1) is 15.5. The Balaban J connectivity index is 1.41. The average molecular weight is 425 g/mol. The van der Waals surface area contributed by atoms with E-state index in [0.717, 1.165) is 33.4 Å². The molecule has 1 saturated heterocycles. The van der Waals surface area contributed by atoms with E-state index >= 15 is 0 Å². The monoisotopic (exact) mass is 424 g/mol. The molecule has 5 rings (SSSR count). The van der Waals surface area contributed by atoms with E-state index in [2.05, 4.69) is 22.5 Å². The summed E-state index contributed by atoms with van der Waals surface area (Å²) in [6.45, 7) is 4.55. The molecule has 1 atom stereocenters. The minimum atomic E-state index is -0.617. The van der Waals surface area contributed by atoms with Crippen molar-refractivity contribution < 1.29 is 9.59 Å². The molecule has 1 N–H and O–H groups in total. The summed E-state index contributed by atoms with van der Waals surface area (Å²) >= 11 is 0. The lowest BCUT2D eigenvalue weighted by atomic mass is 10.1. The van der Waals surface area contributed by atoms with Crippen molar-refractivity contribution in [2.75, 3.05) is 10.2 Å². The van der Waals surface area contributed by atoms with Gasteiger partial charge in [0.05, 0.1) is 35.7 Å². The molecule has 1 aliphatic rings. The van der Waals surface area contributed by atoms with Crippen LogP contribution in [0, 0.1) is 13.8 Å². The highest BCUT2D eigenvalue weighted by Crippen LogP contribution is 2.32. The molecule has 4 aromatic rings. The van der Waals surface area contributed by atoms with Crippen LogP contribution < -0.4 is 10.2 Å². The summed E-state index contributed by atoms with van der Waals surface area (Å²) < 4.78 is 1.93. The van der Waals surface area contributed by atoms with Crippen molar-refractivity contribution in [2.24, 2.45) is 0 Å². The predicted octanol–water partition coefficient (Wildman–Crippen LogP) is 4.45. The van der Waals surface area contributed by atoms with Gasteiger partial charge in [-0.1, -0.05) is 66.7 Å². The minimum Gasteiger partial charge on any atom is -0.370 e. The molecule has 1 aliphatic heterocycles. The fourth-order valence-electron chi connectivity index (χ4n) is 4.39. The van der Waals surface area contributed by atoms with Gasteiger partial charge < -0.3 is 5.32 Å². The third-order valence-electron chi connectivity index (χ3n) is 6.03. The van der Waals surface area contributed by atoms with Crippen LogP contribution in [0.1, 0.15) is 23.4 Å². The molecule has 2 heterocycles. The molecule has 0 radical (unpaired) electrons. The molecule has 160 valence electrons. The molecular formula is C26H24N4O2. The molecule has 3 aromatic carbocycles. The largest absolute Gasteiger partial charge is 0.370 e. The fourth-order valence-corrected chi connectivity index (χ4v) is 4.39. The maximum absolute atomic E-state index is 13.3. The first kappa shape index (κ1) is 20.0. The number of carbonyl (C=O) groups is 2. The van der Waals surface area contributed by atoms with Crippen molar-refractivity contribution in [3.05, 3.63) is 89.7 Å². The highest BCUT2D eigenvalue weighted by molar-refractivity contribution is 6.25. The number of anilines is 2. The number of amides is 2. The van der Waals surface area contributed by atoms with Crippen molar-refractivity contribution in [1.82, 2.24) is 9.78 Å². The first-order valence-electron chi connectivity index (χ1n) is 10.7. The van der Waals surface area contributed by atoms with Gasteiger partial charge >= 0.3 is 0 Å². The van der Waals surface area contributed by atoms with E-state index in [1.165, 1.54) is 4.90 Å². The smallest absolute Gasteiger partial charge is 0.256 e. The van der Waals surface area contributed by atoms with Gasteiger partial charge in [0.25, 0.3) is 5.91 Å². The van der Waals surface area contributed by atoms with Crippen LogP contribution in [0.25, 0.3) is 10.8 Å². The predicted molar refractivity (Wildman–Crippen MR) is 126 cm³/mol. The van der Waals surface area contributed by atoms with Crippen LogP contribution in [0.4, 0.5) is 11.4 Å². The zero-order chi connectivity index (χ0) is 22.2. The second-order valence-electron chi connectivity index (χ2n) is 8.16. The van der Waals surface area contributed by atoms with Gasteiger partial charge in [-0.25, -0.2) is 4.90 Å². The van der Waals surface area contributed by atoms with Crippen LogP contribution in [-0.2, 0) is 16.1 Å². The number of nitrogens with zero attached hydrogens (tertiary/aromatic N) is 3. The SMILES string of the molecule is Cc1nn(Cc2ccccc2)c(C)c1NC1CC(=O)N(c2cccc3ccccc23)C1=O. The standard InChI is InChI=1S/C26H24N4O2/c1-17-25(18(2)29(28-17)16-19-9-4-3-5-10-19)27-22-15-24(31)30(26(22)32)23-14-8-12-20-11-6-7-13-21(20)23/h3-14,22,27H,15-16H2,1-2H3. The Bertz CT molecular complexity index is 1320. The van der Waals surface area contributed by atoms with E-state index in [9.17, 15) is 9.59 Å². The Morgan fingerprint density at radius 2 is 1.66 bits per heavy atom. The highest BCUT2D eigenvalue weighted by Gasteiger charge is 2.40. The van der Waals surface area contributed by atoms with Gasteiger partial charge in [0, 0.05) is 5.39 Å². The van der Waals surface area contributed by atoms with Crippen LogP contribution in [0.3, 0.4) is 0 Å². The van der Waals surface area contributed by atoms with Gasteiger partial charge in [0.1, 0.15) is 6.04 Å². The van der Waals surface area contributed by atoms with E-state index in [4.69, 9.17) is 0 Å². The number of aryl methyl sites for hydroxylation is 1. The van der Waals surface area contributed by atoms with Gasteiger partial charge in [0.15, 0.2) is 0 Å². The number of fused-ring (bicyclic) bond motifs is 1. The summed E-state index contributed by atoms with van der Waals surface area (Å²) in [5.74, 6) is -0.434. The summed E-state index contributed by atoms with van der Waals surface area (Å²) in [5.41, 5.74) is 4.35. The van der Waals surface area contributed by atoms with Crippen molar-refractivity contribution in [3.63, 3.8) is 0 Å². The Labute approximate surface area is 186 Å². The summed E-state index contributed by atoms with van der Waals surface area (Å²) in [4.78, 5) is 27.5. The van der Waals surface area contributed by atoms with Crippen molar-refractivity contribution in [1.29, 1.82) is 0 Å². The van der Waals surface area contributed by atoms with Gasteiger partial charge in [-0.15, -0.1) is 0 Å². The molecule has 0 aliphatic carbocycles. The quantitative estimate of drug-likeness (QED) is 0.481. The van der Waals surface area contributed by atoms with Gasteiger partial charge in [0.2, 0.25) is 5.91 Å². The molecule has 0 saturated carbocycles. The third kappa shape index (κ3) is 3.43. The van der Waals surface area contributed by atoms with Crippen molar-refractivity contribution in [2.45, 2.75) is 32.9 Å². The molecule has 6 heteroatoms. The molecule has 32 heavy (non-hydrogen) atoms. The molecule has 6 nitrogen and oxygen atoms in total. The van der Waals surface area contributed by atoms with E-state index in [1.807, 2.05) is 79.2 Å². The molecule has 1 unspecified atom stereocenters. The van der Waals surface area contributed by atoms with Crippen LogP contribution in [0.2, 0.25) is 0 Å². The average Bonchev–Trinajstić information content (AvgIpc) is 3.23. The van der Waals surface area contributed by atoms with E-state index < -0.39 is 6.04 Å². The zero-order valence-corrected chi connectivity index (χ0v) is 18.1. The fraction of sp³-hybridized carbons (Fsp3) is 0.192. The summed E-state index contributed by atoms with van der Waals surface area (Å²) in [7, 11) is 0. The van der Waals surface area contributed by atoms with Crippen LogP contribution in [0.5, 0.6) is 0 Å². The molecule has 1 aromatic heterocycles. The number of hydrogen-bond acceptors (Lipinski definition) is 4. The molecule has 1 fully saturated rings. The Morgan fingerprint density at radius 3 is 2.47 bits per heavy atom. The van der Waals surface area contributed by atoms with Gasteiger partial charge in [-0.05, 0) is 30.9 Å². The third-order valence-corrected chi connectivity index (χ3v) is 6.03. The maximum Gasteiger partial charge on any atom is 0.256 e. The van der Waals surface area contributed by atoms with Crippen molar-refractivity contribution in [3.8, 4) is 0 Å². The lowest BCUT2D eigenvalue weighted by Gasteiger charge is -2.18. The van der Waals surface area contributed by atoms with Crippen LogP contribution in [-0.4, -0.2) is 27.6 Å². The zero-order valence-electron chi connectivity index (χ0n) is 18.1. The minimum absolute atomic E-state index is 0.116. The van der Waals surface area contributed by atoms with E-state index in [0.29, 0.717) is 12.2 Å². The van der Waals surface area contributed by atoms with E-state index in [-0.39, 0.29) is 18.2 Å². The number of aromatic nitrogens is 2. The highest BCUT2D eigenvalue weighted by atomic mass is 16.2. The molecule has 0 spiro atoms. The Morgan fingerprint density at radius 1 is 0.938 bits per heavy atom. The topological polar surface area (TPSA) is 67.2 Å².